The van der Waals surface area contributed by atoms with E-state index in [2.05, 4.69) is 12.6 Å². The van der Waals surface area contributed by atoms with E-state index in [1.54, 1.807) is 7.11 Å². The summed E-state index contributed by atoms with van der Waals surface area (Å²) in [6.07, 6.45) is -2.18. The normalized spacial score (nSPS) is 24.7. The Morgan fingerprint density at radius 2 is 1.03 bits per heavy atom. The van der Waals surface area contributed by atoms with Crippen molar-refractivity contribution in [2.24, 2.45) is 0 Å². The van der Waals surface area contributed by atoms with E-state index in [0.29, 0.717) is 25.6 Å². The van der Waals surface area contributed by atoms with E-state index in [-0.39, 0.29) is 12.2 Å². The molecule has 1 aliphatic rings. The molecule has 5 atom stereocenters. The van der Waals surface area contributed by atoms with Crippen molar-refractivity contribution in [3.05, 3.63) is 108 Å². The molecule has 0 unspecified atom stereocenters. The molecule has 0 radical (unpaired) electrons. The molecule has 0 aliphatic carbocycles. The molecule has 6 heteroatoms. The van der Waals surface area contributed by atoms with Gasteiger partial charge in [-0.2, -0.15) is 12.6 Å². The zero-order chi connectivity index (χ0) is 23.6. The van der Waals surface area contributed by atoms with Crippen LogP contribution in [0.25, 0.3) is 0 Å². The molecule has 1 heterocycles. The number of thiol groups is 1. The summed E-state index contributed by atoms with van der Waals surface area (Å²) in [5.41, 5.74) is 3.23. The maximum absolute atomic E-state index is 6.49. The predicted octanol–water partition coefficient (Wildman–Crippen LogP) is 5.04. The third kappa shape index (κ3) is 6.69. The molecule has 34 heavy (non-hydrogen) atoms. The molecule has 3 aromatic carbocycles. The van der Waals surface area contributed by atoms with Gasteiger partial charge in [-0.3, -0.25) is 0 Å². The minimum Gasteiger partial charge on any atom is -0.368 e. The Bertz CT molecular complexity index is 899. The summed E-state index contributed by atoms with van der Waals surface area (Å²) < 4.78 is 31.2. The molecule has 0 spiro atoms. The minimum atomic E-state index is -0.599. The second-order valence-electron chi connectivity index (χ2n) is 8.24. The first-order valence-corrected chi connectivity index (χ1v) is 12.2. The Morgan fingerprint density at radius 3 is 1.44 bits per heavy atom. The van der Waals surface area contributed by atoms with Crippen LogP contribution in [-0.4, -0.2) is 43.6 Å². The lowest BCUT2D eigenvalue weighted by atomic mass is 9.98. The quantitative estimate of drug-likeness (QED) is 0.390. The van der Waals surface area contributed by atoms with Crippen LogP contribution in [0.1, 0.15) is 16.7 Å². The van der Waals surface area contributed by atoms with Crippen molar-refractivity contribution < 1.29 is 23.7 Å². The number of ether oxygens (including phenoxy) is 5. The SMILES string of the molecule is CO[C@H]1O[C@H](CS)[C@H](OCc2ccccc2)[C@H](OCc2ccccc2)[C@H]1OCc1ccccc1. The zero-order valence-electron chi connectivity index (χ0n) is 19.4. The minimum absolute atomic E-state index is 0.311. The second kappa shape index (κ2) is 13.0. The van der Waals surface area contributed by atoms with Gasteiger partial charge in [0.25, 0.3) is 0 Å². The lowest BCUT2D eigenvalue weighted by Crippen LogP contribution is -2.61. The molecule has 0 aromatic heterocycles. The zero-order valence-corrected chi connectivity index (χ0v) is 20.3. The summed E-state index contributed by atoms with van der Waals surface area (Å²) in [6, 6.07) is 30.2. The van der Waals surface area contributed by atoms with Crippen LogP contribution in [0, 0.1) is 0 Å². The number of methoxy groups -OCH3 is 1. The average Bonchev–Trinajstić information content (AvgIpc) is 2.91. The van der Waals surface area contributed by atoms with E-state index in [1.807, 2.05) is 91.0 Å². The lowest BCUT2D eigenvalue weighted by molar-refractivity contribution is -0.313. The molecular weight excluding hydrogens is 448 g/mol. The number of hydrogen-bond acceptors (Lipinski definition) is 6. The third-order valence-corrected chi connectivity index (χ3v) is 6.22. The van der Waals surface area contributed by atoms with Gasteiger partial charge >= 0.3 is 0 Å². The summed E-state index contributed by atoms with van der Waals surface area (Å²) >= 11 is 4.54. The van der Waals surface area contributed by atoms with Gasteiger partial charge in [0.1, 0.15) is 18.3 Å². The van der Waals surface area contributed by atoms with Gasteiger partial charge in [-0.1, -0.05) is 91.0 Å². The number of rotatable bonds is 11. The third-order valence-electron chi connectivity index (χ3n) is 5.86. The standard InChI is InChI=1S/C28H32O5S/c1-29-28-27(32-19-23-15-9-4-10-16-23)26(31-18-22-13-7-3-8-14-22)25(24(20-34)33-28)30-17-21-11-5-2-6-12-21/h2-16,24-28,34H,17-20H2,1H3/t24-,25+,26+,27-,28+/m1/s1. The predicted molar refractivity (Wildman–Crippen MR) is 135 cm³/mol. The van der Waals surface area contributed by atoms with Gasteiger partial charge in [0.05, 0.1) is 25.9 Å². The van der Waals surface area contributed by atoms with Gasteiger partial charge in [-0.25, -0.2) is 0 Å². The summed E-state index contributed by atoms with van der Waals surface area (Å²) in [5, 5.41) is 0. The van der Waals surface area contributed by atoms with Gasteiger partial charge < -0.3 is 23.7 Å². The molecule has 180 valence electrons. The van der Waals surface area contributed by atoms with Crippen molar-refractivity contribution in [1.29, 1.82) is 0 Å². The van der Waals surface area contributed by atoms with Crippen LogP contribution in [-0.2, 0) is 43.5 Å². The van der Waals surface area contributed by atoms with E-state index >= 15 is 0 Å². The van der Waals surface area contributed by atoms with Gasteiger partial charge in [0.15, 0.2) is 6.29 Å². The summed E-state index contributed by atoms with van der Waals surface area (Å²) in [6.45, 7) is 1.28. The summed E-state index contributed by atoms with van der Waals surface area (Å²) in [5.74, 6) is 0.468. The smallest absolute Gasteiger partial charge is 0.186 e. The Balaban J connectivity index is 1.56. The van der Waals surface area contributed by atoms with E-state index in [4.69, 9.17) is 23.7 Å². The molecule has 5 nitrogen and oxygen atoms in total. The van der Waals surface area contributed by atoms with Crippen molar-refractivity contribution in [2.75, 3.05) is 12.9 Å². The monoisotopic (exact) mass is 480 g/mol. The van der Waals surface area contributed by atoms with Crippen molar-refractivity contribution in [1.82, 2.24) is 0 Å². The van der Waals surface area contributed by atoms with Crippen LogP contribution in [0.5, 0.6) is 0 Å². The second-order valence-corrected chi connectivity index (χ2v) is 8.61. The summed E-state index contributed by atoms with van der Waals surface area (Å²) in [7, 11) is 1.62. The van der Waals surface area contributed by atoms with Crippen molar-refractivity contribution >= 4 is 12.6 Å². The molecule has 3 aromatic rings. The first kappa shape index (κ1) is 24.9. The van der Waals surface area contributed by atoms with Crippen molar-refractivity contribution in [3.8, 4) is 0 Å². The highest BCUT2D eigenvalue weighted by Gasteiger charge is 2.48. The van der Waals surface area contributed by atoms with E-state index in [9.17, 15) is 0 Å². The Kier molecular flexibility index (Phi) is 9.56. The Labute approximate surface area is 207 Å². The molecular formula is C28H32O5S. The number of hydrogen-bond donors (Lipinski definition) is 1. The Morgan fingerprint density at radius 1 is 0.618 bits per heavy atom. The van der Waals surface area contributed by atoms with E-state index < -0.39 is 18.5 Å². The molecule has 4 rings (SSSR count). The van der Waals surface area contributed by atoms with Crippen molar-refractivity contribution in [3.63, 3.8) is 0 Å². The van der Waals surface area contributed by atoms with Crippen LogP contribution >= 0.6 is 12.6 Å². The Hall–Kier alpha value is -2.19. The van der Waals surface area contributed by atoms with Gasteiger partial charge in [-0.15, -0.1) is 0 Å². The molecule has 0 saturated carbocycles. The molecule has 1 aliphatic heterocycles. The first-order valence-electron chi connectivity index (χ1n) is 11.5. The van der Waals surface area contributed by atoms with Crippen molar-refractivity contribution in [2.45, 2.75) is 50.5 Å². The molecule has 0 N–H and O–H groups in total. The highest BCUT2D eigenvalue weighted by Crippen LogP contribution is 2.31. The van der Waals surface area contributed by atoms with Crippen LogP contribution in [0.4, 0.5) is 0 Å². The fourth-order valence-electron chi connectivity index (χ4n) is 4.08. The average molecular weight is 481 g/mol. The highest BCUT2D eigenvalue weighted by molar-refractivity contribution is 7.80. The lowest BCUT2D eigenvalue weighted by Gasteiger charge is -2.45. The van der Waals surface area contributed by atoms with Gasteiger partial charge in [0.2, 0.25) is 0 Å². The first-order chi connectivity index (χ1) is 16.8. The maximum Gasteiger partial charge on any atom is 0.186 e. The maximum atomic E-state index is 6.49. The highest BCUT2D eigenvalue weighted by atomic mass is 32.1. The number of benzene rings is 3. The van der Waals surface area contributed by atoms with Crippen LogP contribution in [0.3, 0.4) is 0 Å². The topological polar surface area (TPSA) is 46.2 Å². The molecule has 0 amide bonds. The van der Waals surface area contributed by atoms with Gasteiger partial charge in [-0.05, 0) is 16.7 Å². The fourth-order valence-corrected chi connectivity index (χ4v) is 4.38. The van der Waals surface area contributed by atoms with E-state index in [1.165, 1.54) is 0 Å². The molecule has 1 saturated heterocycles. The van der Waals surface area contributed by atoms with Crippen LogP contribution in [0.15, 0.2) is 91.0 Å². The van der Waals surface area contributed by atoms with Crippen LogP contribution < -0.4 is 0 Å². The summed E-state index contributed by atoms with van der Waals surface area (Å²) in [4.78, 5) is 0. The fraction of sp³-hybridized carbons (Fsp3) is 0.357. The molecule has 1 fully saturated rings. The van der Waals surface area contributed by atoms with Gasteiger partial charge in [0, 0.05) is 12.9 Å². The van der Waals surface area contributed by atoms with Crippen LogP contribution in [0.2, 0.25) is 0 Å². The molecule has 0 bridgehead atoms. The van der Waals surface area contributed by atoms with E-state index in [0.717, 1.165) is 16.7 Å². The largest absolute Gasteiger partial charge is 0.368 e.